The van der Waals surface area contributed by atoms with Crippen molar-refractivity contribution in [3.05, 3.63) is 33.8 Å². The zero-order valence-electron chi connectivity index (χ0n) is 8.61. The number of β-amino-alcohol motifs (C(OH)–C–C–N with tert-alkyl or cyclic N) is 2. The quantitative estimate of drug-likeness (QED) is 0.849. The van der Waals surface area contributed by atoms with Gasteiger partial charge in [0.1, 0.15) is 0 Å². The van der Waals surface area contributed by atoms with E-state index in [9.17, 15) is 10.2 Å². The van der Waals surface area contributed by atoms with Gasteiger partial charge in [0.15, 0.2) is 0 Å². The van der Waals surface area contributed by atoms with Crippen LogP contribution in [0.5, 0.6) is 0 Å². The molecule has 0 bridgehead atoms. The van der Waals surface area contributed by atoms with Gasteiger partial charge in [-0.25, -0.2) is 0 Å². The Balaban J connectivity index is 2.05. The molecule has 1 saturated heterocycles. The molecule has 1 aromatic carbocycles. The minimum Gasteiger partial charge on any atom is -0.389 e. The van der Waals surface area contributed by atoms with E-state index in [1.807, 2.05) is 11.0 Å². The Labute approximate surface area is 104 Å². The van der Waals surface area contributed by atoms with Crippen LogP contribution >= 0.6 is 23.2 Å². The number of benzene rings is 1. The summed E-state index contributed by atoms with van der Waals surface area (Å²) in [6.45, 7) is 1.56. The van der Waals surface area contributed by atoms with E-state index in [4.69, 9.17) is 23.2 Å². The molecular weight excluding hydrogens is 249 g/mol. The smallest absolute Gasteiger partial charge is 0.0938 e. The van der Waals surface area contributed by atoms with Crippen LogP contribution in [0, 0.1) is 0 Å². The van der Waals surface area contributed by atoms with E-state index in [0.29, 0.717) is 29.7 Å². The van der Waals surface area contributed by atoms with Gasteiger partial charge in [0.05, 0.1) is 12.2 Å². The molecule has 0 saturated carbocycles. The molecule has 3 nitrogen and oxygen atoms in total. The molecule has 0 aromatic heterocycles. The van der Waals surface area contributed by atoms with E-state index in [1.54, 1.807) is 12.1 Å². The summed E-state index contributed by atoms with van der Waals surface area (Å²) in [7, 11) is 0. The maximum atomic E-state index is 9.41. The maximum absolute atomic E-state index is 9.41. The molecule has 1 fully saturated rings. The highest BCUT2D eigenvalue weighted by Crippen LogP contribution is 2.23. The van der Waals surface area contributed by atoms with Crippen LogP contribution in [0.2, 0.25) is 10.0 Å². The first-order valence-electron chi connectivity index (χ1n) is 5.08. The van der Waals surface area contributed by atoms with Gasteiger partial charge in [-0.2, -0.15) is 0 Å². The summed E-state index contributed by atoms with van der Waals surface area (Å²) in [5, 5.41) is 20.0. The molecule has 88 valence electrons. The van der Waals surface area contributed by atoms with Crippen molar-refractivity contribution >= 4 is 23.2 Å². The standard InChI is InChI=1S/C11H13Cl2NO2/c12-8-2-1-7(9(13)3-8)4-14-5-10(15)11(16)6-14/h1-3,10-11,15-16H,4-6H2/t10-,11+. The molecule has 1 aliphatic rings. The molecule has 0 aliphatic carbocycles. The van der Waals surface area contributed by atoms with Crippen molar-refractivity contribution in [3.8, 4) is 0 Å². The van der Waals surface area contributed by atoms with E-state index in [-0.39, 0.29) is 0 Å². The van der Waals surface area contributed by atoms with Crippen LogP contribution < -0.4 is 0 Å². The third-order valence-corrected chi connectivity index (χ3v) is 3.33. The number of hydrogen-bond donors (Lipinski definition) is 2. The van der Waals surface area contributed by atoms with Gasteiger partial charge in [0, 0.05) is 29.7 Å². The van der Waals surface area contributed by atoms with Gasteiger partial charge in [-0.05, 0) is 17.7 Å². The van der Waals surface area contributed by atoms with Crippen molar-refractivity contribution in [1.82, 2.24) is 4.90 Å². The molecule has 2 atom stereocenters. The Bertz CT molecular complexity index is 376. The predicted molar refractivity (Wildman–Crippen MR) is 63.8 cm³/mol. The molecule has 1 aromatic rings. The Hall–Kier alpha value is -0.320. The number of aliphatic hydroxyl groups is 2. The molecule has 1 heterocycles. The average Bonchev–Trinajstić information content (AvgIpc) is 2.51. The molecule has 2 N–H and O–H groups in total. The number of rotatable bonds is 2. The van der Waals surface area contributed by atoms with Gasteiger partial charge >= 0.3 is 0 Å². The Morgan fingerprint density at radius 2 is 1.81 bits per heavy atom. The summed E-state index contributed by atoms with van der Waals surface area (Å²) >= 11 is 11.8. The molecule has 0 unspecified atom stereocenters. The van der Waals surface area contributed by atoms with Crippen molar-refractivity contribution in [2.45, 2.75) is 18.8 Å². The van der Waals surface area contributed by atoms with Crippen LogP contribution in [-0.4, -0.2) is 40.4 Å². The third-order valence-electron chi connectivity index (χ3n) is 2.74. The van der Waals surface area contributed by atoms with Gasteiger partial charge in [-0.3, -0.25) is 4.90 Å². The maximum Gasteiger partial charge on any atom is 0.0938 e. The fourth-order valence-corrected chi connectivity index (χ4v) is 2.34. The second-order valence-corrected chi connectivity index (χ2v) is 4.91. The van der Waals surface area contributed by atoms with Gasteiger partial charge in [0.25, 0.3) is 0 Å². The fourth-order valence-electron chi connectivity index (χ4n) is 1.87. The second kappa shape index (κ2) is 4.90. The van der Waals surface area contributed by atoms with Crippen LogP contribution in [0.4, 0.5) is 0 Å². The molecule has 0 amide bonds. The van der Waals surface area contributed by atoms with Gasteiger partial charge in [0.2, 0.25) is 0 Å². The second-order valence-electron chi connectivity index (χ2n) is 4.06. The zero-order valence-corrected chi connectivity index (χ0v) is 10.1. The molecule has 16 heavy (non-hydrogen) atoms. The first-order valence-corrected chi connectivity index (χ1v) is 5.84. The number of halogens is 2. The van der Waals surface area contributed by atoms with Crippen molar-refractivity contribution < 1.29 is 10.2 Å². The number of hydrogen-bond acceptors (Lipinski definition) is 3. The molecule has 2 rings (SSSR count). The van der Waals surface area contributed by atoms with Gasteiger partial charge < -0.3 is 10.2 Å². The zero-order chi connectivity index (χ0) is 11.7. The lowest BCUT2D eigenvalue weighted by atomic mass is 10.2. The minimum atomic E-state index is -0.661. The lowest BCUT2D eigenvalue weighted by Crippen LogP contribution is -2.22. The highest BCUT2D eigenvalue weighted by atomic mass is 35.5. The molecular formula is C11H13Cl2NO2. The van der Waals surface area contributed by atoms with Crippen LogP contribution in [0.3, 0.4) is 0 Å². The Morgan fingerprint density at radius 1 is 1.19 bits per heavy atom. The number of nitrogens with zero attached hydrogens (tertiary/aromatic N) is 1. The highest BCUT2D eigenvalue weighted by molar-refractivity contribution is 6.35. The summed E-state index contributed by atoms with van der Waals surface area (Å²) in [6.07, 6.45) is -1.32. The molecule has 0 spiro atoms. The van der Waals surface area contributed by atoms with Crippen molar-refractivity contribution in [2.75, 3.05) is 13.1 Å². The van der Waals surface area contributed by atoms with Crippen LogP contribution in [0.1, 0.15) is 5.56 Å². The topological polar surface area (TPSA) is 43.7 Å². The van der Waals surface area contributed by atoms with Crippen molar-refractivity contribution in [1.29, 1.82) is 0 Å². The number of likely N-dealkylation sites (tertiary alicyclic amines) is 1. The van der Waals surface area contributed by atoms with Crippen molar-refractivity contribution in [2.24, 2.45) is 0 Å². The predicted octanol–water partition coefficient (Wildman–Crippen LogP) is 1.53. The monoisotopic (exact) mass is 261 g/mol. The summed E-state index contributed by atoms with van der Waals surface area (Å²) in [5.41, 5.74) is 0.951. The Kier molecular flexibility index (Phi) is 3.72. The Morgan fingerprint density at radius 3 is 2.38 bits per heavy atom. The summed E-state index contributed by atoms with van der Waals surface area (Å²) in [4.78, 5) is 1.96. The summed E-state index contributed by atoms with van der Waals surface area (Å²) < 4.78 is 0. The summed E-state index contributed by atoms with van der Waals surface area (Å²) in [5.74, 6) is 0. The SMILES string of the molecule is O[C@@H]1CN(Cc2ccc(Cl)cc2Cl)C[C@@H]1O. The number of aliphatic hydroxyl groups excluding tert-OH is 2. The average molecular weight is 262 g/mol. The first kappa shape index (κ1) is 12.1. The van der Waals surface area contributed by atoms with Crippen LogP contribution in [0.15, 0.2) is 18.2 Å². The molecule has 1 aliphatic heterocycles. The van der Waals surface area contributed by atoms with E-state index in [0.717, 1.165) is 5.56 Å². The lowest BCUT2D eigenvalue weighted by Gasteiger charge is -2.15. The van der Waals surface area contributed by atoms with Gasteiger partial charge in [-0.1, -0.05) is 29.3 Å². The lowest BCUT2D eigenvalue weighted by molar-refractivity contribution is 0.0572. The summed E-state index contributed by atoms with van der Waals surface area (Å²) in [6, 6.07) is 5.34. The fraction of sp³-hybridized carbons (Fsp3) is 0.455. The molecule has 0 radical (unpaired) electrons. The first-order chi connectivity index (χ1) is 7.56. The minimum absolute atomic E-state index is 0.472. The highest BCUT2D eigenvalue weighted by Gasteiger charge is 2.29. The molecule has 5 heteroatoms. The van der Waals surface area contributed by atoms with E-state index < -0.39 is 12.2 Å². The van der Waals surface area contributed by atoms with Crippen molar-refractivity contribution in [3.63, 3.8) is 0 Å². The van der Waals surface area contributed by atoms with Gasteiger partial charge in [-0.15, -0.1) is 0 Å². The van der Waals surface area contributed by atoms with E-state index in [1.165, 1.54) is 0 Å². The largest absolute Gasteiger partial charge is 0.389 e. The van der Waals surface area contributed by atoms with E-state index in [2.05, 4.69) is 0 Å². The van der Waals surface area contributed by atoms with E-state index >= 15 is 0 Å². The normalized spacial score (nSPS) is 26.2. The van der Waals surface area contributed by atoms with Crippen LogP contribution in [-0.2, 0) is 6.54 Å². The third kappa shape index (κ3) is 2.67. The van der Waals surface area contributed by atoms with Crippen LogP contribution in [0.25, 0.3) is 0 Å².